The number of ether oxygens (including phenoxy) is 3. The number of methoxy groups -OCH3 is 3. The molecule has 14 nitrogen and oxygen atoms in total. The van der Waals surface area contributed by atoms with E-state index in [-0.39, 0.29) is 28.2 Å². The van der Waals surface area contributed by atoms with Gasteiger partial charge in [-0.3, -0.25) is 9.29 Å². The third kappa shape index (κ3) is 6.31. The van der Waals surface area contributed by atoms with E-state index < -0.39 is 31.4 Å². The number of aryl methyl sites for hydroxylation is 1. The number of benzene rings is 2. The molecule has 0 unspecified atom stereocenters. The van der Waals surface area contributed by atoms with E-state index in [1.807, 2.05) is 6.92 Å². The highest BCUT2D eigenvalue weighted by atomic mass is 32.2. The zero-order valence-corrected chi connectivity index (χ0v) is 26.3. The molecule has 0 fully saturated rings. The van der Waals surface area contributed by atoms with Gasteiger partial charge in [-0.05, 0) is 43.7 Å². The van der Waals surface area contributed by atoms with Gasteiger partial charge in [-0.15, -0.1) is 10.2 Å². The second-order valence-electron chi connectivity index (χ2n) is 9.64. The van der Waals surface area contributed by atoms with Crippen LogP contribution in [-0.4, -0.2) is 86.5 Å². The van der Waals surface area contributed by atoms with Crippen molar-refractivity contribution in [2.75, 3.05) is 40.1 Å². The van der Waals surface area contributed by atoms with Gasteiger partial charge in [0.25, 0.3) is 0 Å². The molecule has 0 spiro atoms. The molecule has 16 heteroatoms. The van der Waals surface area contributed by atoms with Crippen LogP contribution in [0.1, 0.15) is 24.4 Å². The van der Waals surface area contributed by atoms with Crippen molar-refractivity contribution >= 4 is 26.0 Å². The highest BCUT2D eigenvalue weighted by Gasteiger charge is 2.35. The fourth-order valence-electron chi connectivity index (χ4n) is 4.25. The summed E-state index contributed by atoms with van der Waals surface area (Å²) in [5, 5.41) is 7.25. The Bertz CT molecular complexity index is 1790. The van der Waals surface area contributed by atoms with E-state index in [9.17, 15) is 16.8 Å². The Morgan fingerprint density at radius 2 is 1.51 bits per heavy atom. The van der Waals surface area contributed by atoms with Crippen molar-refractivity contribution in [1.82, 2.24) is 29.0 Å². The number of nitrogens with zero attached hydrogens (tertiary/aromatic N) is 6. The van der Waals surface area contributed by atoms with Gasteiger partial charge in [-0.1, -0.05) is 18.2 Å². The summed E-state index contributed by atoms with van der Waals surface area (Å²) in [4.78, 5) is 8.48. The molecule has 0 aliphatic heterocycles. The molecule has 0 radical (unpaired) electrons. The Kier molecular flexibility index (Phi) is 9.34. The Labute approximate surface area is 250 Å². The van der Waals surface area contributed by atoms with Crippen molar-refractivity contribution in [3.05, 3.63) is 66.2 Å². The molecule has 2 atom stereocenters. The second-order valence-corrected chi connectivity index (χ2v) is 13.8. The van der Waals surface area contributed by atoms with Crippen molar-refractivity contribution in [3.8, 4) is 28.6 Å². The molecule has 230 valence electrons. The minimum atomic E-state index is -4.23. The predicted octanol–water partition coefficient (Wildman–Crippen LogP) is 2.82. The SMILES string of the molecule is COc1cccc(OC)c1-n1c(NS(=O)(=O)[C@@H](C)[C@H](OC)c2ncc(C)cn2)nnc1-c1cccc(S(=O)(=O)N(C)C)c1. The number of anilines is 1. The minimum absolute atomic E-state index is 0.00771. The van der Waals surface area contributed by atoms with Crippen LogP contribution in [0.3, 0.4) is 0 Å². The average Bonchev–Trinajstić information content (AvgIpc) is 3.39. The van der Waals surface area contributed by atoms with E-state index in [0.717, 1.165) is 9.87 Å². The zero-order chi connectivity index (χ0) is 31.5. The lowest BCUT2D eigenvalue weighted by Crippen LogP contribution is -2.33. The number of nitrogens with one attached hydrogen (secondary N) is 1. The van der Waals surface area contributed by atoms with Crippen LogP contribution in [0.25, 0.3) is 17.1 Å². The molecule has 0 aliphatic carbocycles. The van der Waals surface area contributed by atoms with Crippen LogP contribution in [0.2, 0.25) is 0 Å². The normalized spacial score (nSPS) is 13.5. The van der Waals surface area contributed by atoms with Crippen molar-refractivity contribution in [2.45, 2.75) is 30.1 Å². The molecule has 0 aliphatic rings. The lowest BCUT2D eigenvalue weighted by atomic mass is 10.2. The van der Waals surface area contributed by atoms with E-state index in [4.69, 9.17) is 14.2 Å². The third-order valence-electron chi connectivity index (χ3n) is 6.62. The standard InChI is InChI=1S/C27H33N7O7S2/c1-17-15-28-25(29-16-17)24(41-7)18(2)42(35,36)32-27-31-30-26(19-10-8-11-20(14-19)43(37,38)33(3)4)34(27)23-21(39-5)12-9-13-22(23)40-6/h8-16,18,24H,1-7H3,(H,31,32)/t18-,24-/m0/s1. The summed E-state index contributed by atoms with van der Waals surface area (Å²) >= 11 is 0. The fraction of sp³-hybridized carbons (Fsp3) is 0.333. The highest BCUT2D eigenvalue weighted by molar-refractivity contribution is 7.93. The van der Waals surface area contributed by atoms with E-state index >= 15 is 0 Å². The number of hydrogen-bond donors (Lipinski definition) is 1. The molecule has 4 rings (SSSR count). The Morgan fingerprint density at radius 3 is 2.07 bits per heavy atom. The molecule has 43 heavy (non-hydrogen) atoms. The van der Waals surface area contributed by atoms with Gasteiger partial charge in [0.2, 0.25) is 26.0 Å². The minimum Gasteiger partial charge on any atom is -0.494 e. The van der Waals surface area contributed by atoms with Gasteiger partial charge in [0.1, 0.15) is 28.5 Å². The molecule has 0 saturated heterocycles. The summed E-state index contributed by atoms with van der Waals surface area (Å²) in [5.41, 5.74) is 1.43. The van der Waals surface area contributed by atoms with Crippen molar-refractivity contribution < 1.29 is 31.0 Å². The van der Waals surface area contributed by atoms with Gasteiger partial charge < -0.3 is 14.2 Å². The largest absolute Gasteiger partial charge is 0.494 e. The summed E-state index contributed by atoms with van der Waals surface area (Å²) < 4.78 is 75.0. The van der Waals surface area contributed by atoms with E-state index in [1.165, 1.54) is 59.0 Å². The molecule has 4 aromatic rings. The van der Waals surface area contributed by atoms with E-state index in [1.54, 1.807) is 42.7 Å². The monoisotopic (exact) mass is 631 g/mol. The highest BCUT2D eigenvalue weighted by Crippen LogP contribution is 2.38. The summed E-state index contributed by atoms with van der Waals surface area (Å²) in [6.07, 6.45) is 2.13. The first-order chi connectivity index (χ1) is 20.3. The maximum absolute atomic E-state index is 13.8. The topological polar surface area (TPSA) is 168 Å². The number of sulfonamides is 2. The maximum Gasteiger partial charge on any atom is 0.243 e. The molecule has 0 amide bonds. The van der Waals surface area contributed by atoms with Crippen LogP contribution < -0.4 is 14.2 Å². The number of aromatic nitrogens is 5. The summed E-state index contributed by atoms with van der Waals surface area (Å²) in [5.74, 6) is 0.736. The first-order valence-electron chi connectivity index (χ1n) is 12.9. The van der Waals surface area contributed by atoms with Gasteiger partial charge in [0.15, 0.2) is 11.6 Å². The van der Waals surface area contributed by atoms with Crippen LogP contribution in [0.15, 0.2) is 59.8 Å². The van der Waals surface area contributed by atoms with Crippen molar-refractivity contribution in [3.63, 3.8) is 0 Å². The van der Waals surface area contributed by atoms with Crippen LogP contribution >= 0.6 is 0 Å². The van der Waals surface area contributed by atoms with E-state index in [2.05, 4.69) is 24.9 Å². The number of para-hydroxylation sites is 1. The van der Waals surface area contributed by atoms with Crippen LogP contribution in [0.5, 0.6) is 11.5 Å². The Morgan fingerprint density at radius 1 is 0.907 bits per heavy atom. The van der Waals surface area contributed by atoms with Crippen LogP contribution in [-0.2, 0) is 24.8 Å². The second kappa shape index (κ2) is 12.6. The average molecular weight is 632 g/mol. The first kappa shape index (κ1) is 31.8. The maximum atomic E-state index is 13.8. The zero-order valence-electron chi connectivity index (χ0n) is 24.7. The van der Waals surface area contributed by atoms with Gasteiger partial charge in [-0.25, -0.2) is 31.1 Å². The molecule has 2 aromatic heterocycles. The predicted molar refractivity (Wildman–Crippen MR) is 159 cm³/mol. The molecular formula is C27H33N7O7S2. The number of hydrogen-bond acceptors (Lipinski definition) is 11. The molecule has 1 N–H and O–H groups in total. The number of rotatable bonds is 12. The molecule has 0 bridgehead atoms. The molecule has 0 saturated carbocycles. The van der Waals surface area contributed by atoms with Crippen LogP contribution in [0.4, 0.5) is 5.95 Å². The Balaban J connectivity index is 1.89. The van der Waals surface area contributed by atoms with Crippen molar-refractivity contribution in [1.29, 1.82) is 0 Å². The summed E-state index contributed by atoms with van der Waals surface area (Å²) in [7, 11) is -0.910. The molecule has 2 heterocycles. The van der Waals surface area contributed by atoms with Gasteiger partial charge in [0, 0.05) is 39.2 Å². The molecule has 2 aromatic carbocycles. The Hall–Kier alpha value is -4.12. The first-order valence-corrected chi connectivity index (χ1v) is 15.9. The lowest BCUT2D eigenvalue weighted by molar-refractivity contribution is 0.0949. The summed E-state index contributed by atoms with van der Waals surface area (Å²) in [6, 6.07) is 11.1. The quantitative estimate of drug-likeness (QED) is 0.244. The van der Waals surface area contributed by atoms with Crippen molar-refractivity contribution in [2.24, 2.45) is 0 Å². The smallest absolute Gasteiger partial charge is 0.243 e. The van der Waals surface area contributed by atoms with E-state index in [0.29, 0.717) is 17.1 Å². The lowest BCUT2D eigenvalue weighted by Gasteiger charge is -2.23. The third-order valence-corrected chi connectivity index (χ3v) is 10.1. The van der Waals surface area contributed by atoms with Gasteiger partial charge in [0.05, 0.1) is 19.1 Å². The fourth-order valence-corrected chi connectivity index (χ4v) is 6.33. The summed E-state index contributed by atoms with van der Waals surface area (Å²) in [6.45, 7) is 3.27. The molecular weight excluding hydrogens is 598 g/mol. The van der Waals surface area contributed by atoms with Crippen LogP contribution in [0, 0.1) is 6.92 Å². The van der Waals surface area contributed by atoms with Gasteiger partial charge >= 0.3 is 0 Å². The van der Waals surface area contributed by atoms with Gasteiger partial charge in [-0.2, -0.15) is 0 Å².